The van der Waals surface area contributed by atoms with E-state index in [0.29, 0.717) is 17.8 Å². The summed E-state index contributed by atoms with van der Waals surface area (Å²) < 4.78 is 0. The lowest BCUT2D eigenvalue weighted by Crippen LogP contribution is -2.29. The summed E-state index contributed by atoms with van der Waals surface area (Å²) in [7, 11) is 0. The topological polar surface area (TPSA) is 40.5 Å². The molecule has 1 aliphatic heterocycles. The molecule has 3 heteroatoms. The number of aliphatic hydroxyl groups excluding tert-OH is 1. The van der Waals surface area contributed by atoms with Gasteiger partial charge in [-0.3, -0.25) is 4.79 Å². The van der Waals surface area contributed by atoms with Gasteiger partial charge in [-0.05, 0) is 24.7 Å². The standard InChI is InChI=1S/C13H25NO2/c1-13(2,3)7-4-5-12(16)14-8-6-11(9-14)10-15/h11,15H,4-10H2,1-3H3. The average molecular weight is 227 g/mol. The predicted octanol–water partition coefficient (Wildman–Crippen LogP) is 2.04. The van der Waals surface area contributed by atoms with Crippen LogP contribution in [0.1, 0.15) is 46.5 Å². The monoisotopic (exact) mass is 227 g/mol. The Morgan fingerprint density at radius 1 is 1.44 bits per heavy atom. The molecule has 0 saturated carbocycles. The second-order valence-corrected chi connectivity index (χ2v) is 6.09. The van der Waals surface area contributed by atoms with Crippen LogP contribution in [0.4, 0.5) is 0 Å². The van der Waals surface area contributed by atoms with Crippen molar-refractivity contribution in [3.05, 3.63) is 0 Å². The molecule has 0 aromatic heterocycles. The number of amides is 1. The van der Waals surface area contributed by atoms with E-state index in [4.69, 9.17) is 5.11 Å². The first-order chi connectivity index (χ1) is 7.42. The normalized spacial score (nSPS) is 21.5. The number of carbonyl (C=O) groups is 1. The lowest BCUT2D eigenvalue weighted by atomic mass is 9.90. The predicted molar refractivity (Wildman–Crippen MR) is 65.1 cm³/mol. The summed E-state index contributed by atoms with van der Waals surface area (Å²) in [5.41, 5.74) is 0.318. The number of hydrogen-bond acceptors (Lipinski definition) is 2. The number of carbonyl (C=O) groups excluding carboxylic acids is 1. The Morgan fingerprint density at radius 3 is 2.62 bits per heavy atom. The van der Waals surface area contributed by atoms with Gasteiger partial charge in [0.1, 0.15) is 0 Å². The molecule has 1 fully saturated rings. The van der Waals surface area contributed by atoms with Crippen molar-refractivity contribution in [3.8, 4) is 0 Å². The van der Waals surface area contributed by atoms with Crippen molar-refractivity contribution in [2.75, 3.05) is 19.7 Å². The van der Waals surface area contributed by atoms with Crippen LogP contribution in [0.2, 0.25) is 0 Å². The zero-order chi connectivity index (χ0) is 12.2. The summed E-state index contributed by atoms with van der Waals surface area (Å²) in [5, 5.41) is 9.01. The minimum Gasteiger partial charge on any atom is -0.396 e. The van der Waals surface area contributed by atoms with E-state index in [2.05, 4.69) is 20.8 Å². The third-order valence-corrected chi connectivity index (χ3v) is 3.21. The van der Waals surface area contributed by atoms with E-state index in [1.54, 1.807) is 0 Å². The highest BCUT2D eigenvalue weighted by atomic mass is 16.3. The molecular weight excluding hydrogens is 202 g/mol. The summed E-state index contributed by atoms with van der Waals surface area (Å²) in [6, 6.07) is 0. The molecule has 1 amide bonds. The highest BCUT2D eigenvalue weighted by Crippen LogP contribution is 2.23. The molecule has 1 unspecified atom stereocenters. The molecule has 0 bridgehead atoms. The third kappa shape index (κ3) is 4.52. The van der Waals surface area contributed by atoms with E-state index in [1.165, 1.54) is 0 Å². The van der Waals surface area contributed by atoms with Gasteiger partial charge in [-0.25, -0.2) is 0 Å². The Morgan fingerprint density at radius 2 is 2.12 bits per heavy atom. The van der Waals surface area contributed by atoms with E-state index >= 15 is 0 Å². The Bertz CT molecular complexity index is 233. The molecular formula is C13H25NO2. The fourth-order valence-electron chi connectivity index (χ4n) is 2.14. The number of aliphatic hydroxyl groups is 1. The Kier molecular flexibility index (Phi) is 4.78. The smallest absolute Gasteiger partial charge is 0.222 e. The fraction of sp³-hybridized carbons (Fsp3) is 0.923. The maximum absolute atomic E-state index is 11.8. The van der Waals surface area contributed by atoms with E-state index in [1.807, 2.05) is 4.90 Å². The van der Waals surface area contributed by atoms with Gasteiger partial charge in [0, 0.05) is 32.0 Å². The molecule has 1 aliphatic rings. The van der Waals surface area contributed by atoms with Crippen LogP contribution in [0.25, 0.3) is 0 Å². The molecule has 94 valence electrons. The summed E-state index contributed by atoms with van der Waals surface area (Å²) in [6.07, 6.45) is 3.69. The largest absolute Gasteiger partial charge is 0.396 e. The van der Waals surface area contributed by atoms with Gasteiger partial charge in [0.2, 0.25) is 5.91 Å². The van der Waals surface area contributed by atoms with Crippen LogP contribution >= 0.6 is 0 Å². The molecule has 1 saturated heterocycles. The first-order valence-electron chi connectivity index (χ1n) is 6.31. The first kappa shape index (κ1) is 13.5. The molecule has 1 atom stereocenters. The second kappa shape index (κ2) is 5.67. The number of nitrogens with zero attached hydrogens (tertiary/aromatic N) is 1. The molecule has 1 rings (SSSR count). The van der Waals surface area contributed by atoms with Crippen LogP contribution in [0.15, 0.2) is 0 Å². The Labute approximate surface area is 98.8 Å². The van der Waals surface area contributed by atoms with E-state index < -0.39 is 0 Å². The maximum Gasteiger partial charge on any atom is 0.222 e. The summed E-state index contributed by atoms with van der Waals surface area (Å²) in [4.78, 5) is 13.7. The molecule has 0 radical (unpaired) electrons. The zero-order valence-electron chi connectivity index (χ0n) is 10.8. The highest BCUT2D eigenvalue weighted by molar-refractivity contribution is 5.76. The number of hydrogen-bond donors (Lipinski definition) is 1. The average Bonchev–Trinajstić information content (AvgIpc) is 2.63. The third-order valence-electron chi connectivity index (χ3n) is 3.21. The molecule has 3 nitrogen and oxygen atoms in total. The zero-order valence-corrected chi connectivity index (χ0v) is 10.8. The number of rotatable bonds is 4. The number of likely N-dealkylation sites (tertiary alicyclic amines) is 1. The first-order valence-corrected chi connectivity index (χ1v) is 6.31. The SMILES string of the molecule is CC(C)(C)CCCC(=O)N1CCC(CO)C1. The molecule has 16 heavy (non-hydrogen) atoms. The van der Waals surface area contributed by atoms with E-state index in [9.17, 15) is 4.79 Å². The van der Waals surface area contributed by atoms with Gasteiger partial charge in [-0.1, -0.05) is 20.8 Å². The van der Waals surface area contributed by atoms with Crippen LogP contribution in [-0.2, 0) is 4.79 Å². The van der Waals surface area contributed by atoms with Crippen molar-refractivity contribution in [2.45, 2.75) is 46.5 Å². The van der Waals surface area contributed by atoms with Crippen LogP contribution in [0.3, 0.4) is 0 Å². The maximum atomic E-state index is 11.8. The lowest BCUT2D eigenvalue weighted by molar-refractivity contribution is -0.130. The van der Waals surface area contributed by atoms with Crippen LogP contribution < -0.4 is 0 Å². The van der Waals surface area contributed by atoms with Crippen LogP contribution in [-0.4, -0.2) is 35.6 Å². The van der Waals surface area contributed by atoms with Gasteiger partial charge in [0.15, 0.2) is 0 Å². The van der Waals surface area contributed by atoms with Gasteiger partial charge >= 0.3 is 0 Å². The van der Waals surface area contributed by atoms with Gasteiger partial charge in [0.25, 0.3) is 0 Å². The second-order valence-electron chi connectivity index (χ2n) is 6.09. The van der Waals surface area contributed by atoms with Gasteiger partial charge in [-0.15, -0.1) is 0 Å². The van der Waals surface area contributed by atoms with Crippen molar-refractivity contribution in [3.63, 3.8) is 0 Å². The van der Waals surface area contributed by atoms with E-state index in [0.717, 1.165) is 32.4 Å². The summed E-state index contributed by atoms with van der Waals surface area (Å²) >= 11 is 0. The molecule has 1 heterocycles. The van der Waals surface area contributed by atoms with Gasteiger partial charge in [-0.2, -0.15) is 0 Å². The molecule has 0 aromatic rings. The van der Waals surface area contributed by atoms with Crippen molar-refractivity contribution < 1.29 is 9.90 Å². The van der Waals surface area contributed by atoms with E-state index in [-0.39, 0.29) is 12.5 Å². The minimum absolute atomic E-state index is 0.214. The molecule has 0 spiro atoms. The van der Waals surface area contributed by atoms with Gasteiger partial charge < -0.3 is 10.0 Å². The van der Waals surface area contributed by atoms with Crippen molar-refractivity contribution in [2.24, 2.45) is 11.3 Å². The Balaban J connectivity index is 2.21. The molecule has 0 aromatic carbocycles. The summed E-state index contributed by atoms with van der Waals surface area (Å²) in [5.74, 6) is 0.576. The van der Waals surface area contributed by atoms with Crippen LogP contribution in [0.5, 0.6) is 0 Å². The van der Waals surface area contributed by atoms with Crippen molar-refractivity contribution in [1.82, 2.24) is 4.90 Å². The lowest BCUT2D eigenvalue weighted by Gasteiger charge is -2.20. The van der Waals surface area contributed by atoms with Crippen molar-refractivity contribution in [1.29, 1.82) is 0 Å². The van der Waals surface area contributed by atoms with Crippen LogP contribution in [0, 0.1) is 11.3 Å². The van der Waals surface area contributed by atoms with Crippen molar-refractivity contribution >= 4 is 5.91 Å². The highest BCUT2D eigenvalue weighted by Gasteiger charge is 2.25. The molecule has 0 aliphatic carbocycles. The molecule has 1 N–H and O–H groups in total. The minimum atomic E-state index is 0.214. The fourth-order valence-corrected chi connectivity index (χ4v) is 2.14. The quantitative estimate of drug-likeness (QED) is 0.798. The summed E-state index contributed by atoms with van der Waals surface area (Å²) in [6.45, 7) is 8.41. The van der Waals surface area contributed by atoms with Gasteiger partial charge in [0.05, 0.1) is 0 Å². The Hall–Kier alpha value is -0.570.